The number of halogens is 1. The van der Waals surface area contributed by atoms with Gasteiger partial charge < -0.3 is 10.0 Å². The van der Waals surface area contributed by atoms with E-state index in [1.165, 1.54) is 0 Å². The molecule has 0 aromatic heterocycles. The molecule has 0 aliphatic rings. The quantitative estimate of drug-likeness (QED) is 0.927. The van der Waals surface area contributed by atoms with Gasteiger partial charge in [0.25, 0.3) is 0 Å². The van der Waals surface area contributed by atoms with Crippen molar-refractivity contribution in [3.63, 3.8) is 0 Å². The van der Waals surface area contributed by atoms with Gasteiger partial charge in [0.05, 0.1) is 17.2 Å². The molecule has 1 aromatic rings. The van der Waals surface area contributed by atoms with E-state index in [4.69, 9.17) is 10.4 Å². The number of nitrogens with zero attached hydrogens (tertiary/aromatic N) is 2. The molecule has 0 aliphatic carbocycles. The second-order valence-electron chi connectivity index (χ2n) is 3.87. The molecule has 0 spiro atoms. The molecule has 1 unspecified atom stereocenters. The summed E-state index contributed by atoms with van der Waals surface area (Å²) in [6.07, 6.45) is 0. The van der Waals surface area contributed by atoms with Crippen LogP contribution in [0.3, 0.4) is 0 Å². The lowest BCUT2D eigenvalue weighted by Crippen LogP contribution is -2.28. The van der Waals surface area contributed by atoms with Crippen LogP contribution in [0.25, 0.3) is 0 Å². The zero-order chi connectivity index (χ0) is 13.0. The van der Waals surface area contributed by atoms with Crippen molar-refractivity contribution in [1.82, 2.24) is 0 Å². The Morgan fingerprint density at radius 2 is 2.29 bits per heavy atom. The average molecular weight is 297 g/mol. The van der Waals surface area contributed by atoms with Crippen LogP contribution in [-0.4, -0.2) is 24.7 Å². The molecule has 5 heteroatoms. The molecule has 0 amide bonds. The summed E-state index contributed by atoms with van der Waals surface area (Å²) >= 11 is 3.31. The molecule has 0 heterocycles. The van der Waals surface area contributed by atoms with Gasteiger partial charge in [0.2, 0.25) is 0 Å². The first-order valence-corrected chi connectivity index (χ1v) is 5.89. The van der Waals surface area contributed by atoms with Crippen molar-refractivity contribution in [2.24, 2.45) is 5.92 Å². The Hall–Kier alpha value is -1.54. The maximum Gasteiger partial charge on any atom is 0.308 e. The van der Waals surface area contributed by atoms with Crippen LogP contribution in [-0.2, 0) is 4.79 Å². The number of carboxylic acids is 1. The zero-order valence-electron chi connectivity index (χ0n) is 9.64. The normalized spacial score (nSPS) is 11.6. The van der Waals surface area contributed by atoms with E-state index < -0.39 is 11.9 Å². The van der Waals surface area contributed by atoms with Crippen molar-refractivity contribution < 1.29 is 9.90 Å². The number of carbonyl (C=O) groups is 1. The average Bonchev–Trinajstić information content (AvgIpc) is 2.28. The molecule has 0 saturated carbocycles. The highest BCUT2D eigenvalue weighted by molar-refractivity contribution is 9.10. The minimum atomic E-state index is -0.842. The van der Waals surface area contributed by atoms with Crippen molar-refractivity contribution in [3.8, 4) is 6.07 Å². The third-order valence-electron chi connectivity index (χ3n) is 2.48. The van der Waals surface area contributed by atoms with Gasteiger partial charge in [0.1, 0.15) is 6.07 Å². The summed E-state index contributed by atoms with van der Waals surface area (Å²) < 4.78 is 0.715. The first-order valence-electron chi connectivity index (χ1n) is 5.10. The van der Waals surface area contributed by atoms with Crippen LogP contribution in [0.15, 0.2) is 22.7 Å². The molecule has 1 atom stereocenters. The summed E-state index contributed by atoms with van der Waals surface area (Å²) in [4.78, 5) is 12.6. The standard InChI is InChI=1S/C12H13BrN2O2/c1-8(12(16)17)7-15(2)11-5-3-4-10(13)9(11)6-14/h3-5,8H,7H2,1-2H3,(H,16,17). The molecule has 4 nitrogen and oxygen atoms in total. The summed E-state index contributed by atoms with van der Waals surface area (Å²) in [6.45, 7) is 2.00. The van der Waals surface area contributed by atoms with Gasteiger partial charge in [-0.1, -0.05) is 13.0 Å². The lowest BCUT2D eigenvalue weighted by molar-refractivity contribution is -0.140. The van der Waals surface area contributed by atoms with E-state index in [-0.39, 0.29) is 0 Å². The minimum Gasteiger partial charge on any atom is -0.481 e. The van der Waals surface area contributed by atoms with E-state index in [0.717, 1.165) is 5.69 Å². The Morgan fingerprint density at radius 3 is 2.82 bits per heavy atom. The predicted octanol–water partition coefficient (Wildman–Crippen LogP) is 2.48. The first-order chi connectivity index (χ1) is 7.97. The Bertz CT molecular complexity index is 468. The first kappa shape index (κ1) is 13.5. The summed E-state index contributed by atoms with van der Waals surface area (Å²) in [5.41, 5.74) is 1.25. The van der Waals surface area contributed by atoms with Crippen LogP contribution >= 0.6 is 15.9 Å². The third kappa shape index (κ3) is 3.21. The Labute approximate surface area is 109 Å². The predicted molar refractivity (Wildman–Crippen MR) is 68.9 cm³/mol. The number of hydrogen-bond acceptors (Lipinski definition) is 3. The fourth-order valence-electron chi connectivity index (χ4n) is 1.53. The molecule has 0 fully saturated rings. The van der Waals surface area contributed by atoms with Gasteiger partial charge in [-0.2, -0.15) is 5.26 Å². The largest absolute Gasteiger partial charge is 0.481 e. The van der Waals surface area contributed by atoms with Crippen molar-refractivity contribution in [2.75, 3.05) is 18.5 Å². The van der Waals surface area contributed by atoms with E-state index in [0.29, 0.717) is 16.6 Å². The molecule has 17 heavy (non-hydrogen) atoms. The van der Waals surface area contributed by atoms with E-state index in [1.807, 2.05) is 6.07 Å². The van der Waals surface area contributed by atoms with Gasteiger partial charge in [0.15, 0.2) is 0 Å². The molecule has 0 bridgehead atoms. The summed E-state index contributed by atoms with van der Waals surface area (Å²) in [5.74, 6) is -1.32. The van der Waals surface area contributed by atoms with Crippen molar-refractivity contribution >= 4 is 27.6 Å². The van der Waals surface area contributed by atoms with Crippen LogP contribution in [0.1, 0.15) is 12.5 Å². The molecule has 1 rings (SSSR count). The second kappa shape index (κ2) is 5.69. The van der Waals surface area contributed by atoms with Crippen molar-refractivity contribution in [1.29, 1.82) is 5.26 Å². The van der Waals surface area contributed by atoms with Crippen LogP contribution in [0.5, 0.6) is 0 Å². The maximum atomic E-state index is 10.8. The molecule has 1 aromatic carbocycles. The lowest BCUT2D eigenvalue weighted by Gasteiger charge is -2.22. The zero-order valence-corrected chi connectivity index (χ0v) is 11.2. The van der Waals surface area contributed by atoms with Gasteiger partial charge in [-0.3, -0.25) is 4.79 Å². The molecule has 0 saturated heterocycles. The van der Waals surface area contributed by atoms with Crippen LogP contribution < -0.4 is 4.90 Å². The fraction of sp³-hybridized carbons (Fsp3) is 0.333. The van der Waals surface area contributed by atoms with E-state index in [9.17, 15) is 4.79 Å². The topological polar surface area (TPSA) is 64.3 Å². The lowest BCUT2D eigenvalue weighted by atomic mass is 10.1. The number of benzene rings is 1. The van der Waals surface area contributed by atoms with Crippen LogP contribution in [0, 0.1) is 17.2 Å². The van der Waals surface area contributed by atoms with E-state index >= 15 is 0 Å². The molecule has 1 N–H and O–H groups in total. The van der Waals surface area contributed by atoms with Gasteiger partial charge >= 0.3 is 5.97 Å². The van der Waals surface area contributed by atoms with Gasteiger partial charge in [-0.05, 0) is 28.1 Å². The highest BCUT2D eigenvalue weighted by Gasteiger charge is 2.16. The highest BCUT2D eigenvalue weighted by Crippen LogP contribution is 2.26. The number of hydrogen-bond donors (Lipinski definition) is 1. The van der Waals surface area contributed by atoms with Crippen molar-refractivity contribution in [2.45, 2.75) is 6.92 Å². The SMILES string of the molecule is CC(CN(C)c1cccc(Br)c1C#N)C(=O)O. The third-order valence-corrected chi connectivity index (χ3v) is 3.14. The van der Waals surface area contributed by atoms with Crippen LogP contribution in [0.2, 0.25) is 0 Å². The number of anilines is 1. The monoisotopic (exact) mass is 296 g/mol. The van der Waals surface area contributed by atoms with E-state index in [2.05, 4.69) is 22.0 Å². The summed E-state index contributed by atoms with van der Waals surface area (Å²) in [5, 5.41) is 17.9. The molecular formula is C12H13BrN2O2. The smallest absolute Gasteiger partial charge is 0.308 e. The summed E-state index contributed by atoms with van der Waals surface area (Å²) in [6, 6.07) is 7.52. The van der Waals surface area contributed by atoms with Gasteiger partial charge in [0, 0.05) is 18.1 Å². The van der Waals surface area contributed by atoms with E-state index in [1.54, 1.807) is 31.0 Å². The number of nitriles is 1. The summed E-state index contributed by atoms with van der Waals surface area (Å²) in [7, 11) is 1.78. The number of carboxylic acid groups (broad SMARTS) is 1. The Kier molecular flexibility index (Phi) is 4.53. The second-order valence-corrected chi connectivity index (χ2v) is 4.72. The number of rotatable bonds is 4. The number of aliphatic carboxylic acids is 1. The molecule has 0 radical (unpaired) electrons. The Balaban J connectivity index is 2.97. The Morgan fingerprint density at radius 1 is 1.65 bits per heavy atom. The van der Waals surface area contributed by atoms with Crippen LogP contribution in [0.4, 0.5) is 5.69 Å². The van der Waals surface area contributed by atoms with Gasteiger partial charge in [-0.25, -0.2) is 0 Å². The fourth-order valence-corrected chi connectivity index (χ4v) is 1.97. The molecule has 90 valence electrons. The van der Waals surface area contributed by atoms with Gasteiger partial charge in [-0.15, -0.1) is 0 Å². The maximum absolute atomic E-state index is 10.8. The van der Waals surface area contributed by atoms with Crippen molar-refractivity contribution in [3.05, 3.63) is 28.2 Å². The highest BCUT2D eigenvalue weighted by atomic mass is 79.9. The molecular weight excluding hydrogens is 284 g/mol. The molecule has 0 aliphatic heterocycles. The minimum absolute atomic E-state index is 0.362.